The van der Waals surface area contributed by atoms with E-state index in [1.54, 1.807) is 11.6 Å². The molecule has 2 aromatic rings. The molecule has 1 aliphatic rings. The van der Waals surface area contributed by atoms with E-state index < -0.39 is 36.7 Å². The largest absolute Gasteiger partial charge is 0.383 e. The molecule has 1 fully saturated rings. The summed E-state index contributed by atoms with van der Waals surface area (Å²) >= 11 is 0. The normalized spacial score (nSPS) is 18.0. The fraction of sp³-hybridized carbons (Fsp3) is 0.611. The van der Waals surface area contributed by atoms with Crippen LogP contribution in [0.25, 0.3) is 0 Å². The highest BCUT2D eigenvalue weighted by Gasteiger charge is 2.47. The second kappa shape index (κ2) is 8.86. The molecule has 1 saturated heterocycles. The predicted molar refractivity (Wildman–Crippen MR) is 101 cm³/mol. The number of rotatable bonds is 8. The lowest BCUT2D eigenvalue weighted by atomic mass is 10.1. The number of aryl methyl sites for hydroxylation is 1. The van der Waals surface area contributed by atoms with Crippen LogP contribution in [-0.2, 0) is 17.8 Å². The van der Waals surface area contributed by atoms with Crippen LogP contribution in [0.4, 0.5) is 8.78 Å². The molecule has 0 unspecified atom stereocenters. The second-order valence-corrected chi connectivity index (χ2v) is 7.18. The smallest absolute Gasteiger partial charge is 0.273 e. The Bertz CT molecular complexity index is 911. The highest BCUT2D eigenvalue weighted by atomic mass is 19.3. The van der Waals surface area contributed by atoms with E-state index >= 15 is 0 Å². The Balaban J connectivity index is 1.73. The molecule has 0 spiro atoms. The molecule has 10 nitrogen and oxygen atoms in total. The monoisotopic (exact) mass is 425 g/mol. The van der Waals surface area contributed by atoms with Crippen molar-refractivity contribution in [3.8, 4) is 0 Å². The Kier molecular flexibility index (Phi) is 6.44. The van der Waals surface area contributed by atoms with Crippen LogP contribution < -0.4 is 5.32 Å². The molecule has 2 aromatic heterocycles. The van der Waals surface area contributed by atoms with Crippen molar-refractivity contribution in [3.63, 3.8) is 0 Å². The Morgan fingerprint density at radius 1 is 1.40 bits per heavy atom. The predicted octanol–water partition coefficient (Wildman–Crippen LogP) is 0.729. The Morgan fingerprint density at radius 3 is 2.83 bits per heavy atom. The summed E-state index contributed by atoms with van der Waals surface area (Å²) in [5, 5.41) is 14.4. The van der Waals surface area contributed by atoms with Crippen LogP contribution in [-0.4, -0.2) is 80.3 Å². The van der Waals surface area contributed by atoms with E-state index in [2.05, 4.69) is 20.7 Å². The van der Waals surface area contributed by atoms with Gasteiger partial charge in [0, 0.05) is 32.3 Å². The van der Waals surface area contributed by atoms with E-state index in [9.17, 15) is 18.4 Å². The first-order valence-corrected chi connectivity index (χ1v) is 9.64. The van der Waals surface area contributed by atoms with Crippen molar-refractivity contribution in [1.29, 1.82) is 0 Å². The lowest BCUT2D eigenvalue weighted by Gasteiger charge is -2.23. The molecular weight excluding hydrogens is 400 g/mol. The van der Waals surface area contributed by atoms with E-state index in [1.807, 2.05) is 6.92 Å². The zero-order chi connectivity index (χ0) is 21.9. The summed E-state index contributed by atoms with van der Waals surface area (Å²) in [7, 11) is 1.52. The summed E-state index contributed by atoms with van der Waals surface area (Å²) < 4.78 is 36.1. The van der Waals surface area contributed by atoms with Crippen molar-refractivity contribution in [2.45, 2.75) is 45.3 Å². The summed E-state index contributed by atoms with van der Waals surface area (Å²) in [6, 6.07) is -0.789. The number of carbonyl (C=O) groups is 2. The minimum absolute atomic E-state index is 0.000639. The third-order valence-electron chi connectivity index (χ3n) is 5.03. The SMILES string of the molecule is CCn1ncc(C(=O)N2CC(F)(F)C[C@H]2Cn2cc(C(=O)NCCOC)nn2)c1C. The minimum Gasteiger partial charge on any atom is -0.383 e. The van der Waals surface area contributed by atoms with Gasteiger partial charge in [-0.3, -0.25) is 14.3 Å². The molecule has 164 valence electrons. The molecule has 30 heavy (non-hydrogen) atoms. The Hall–Kier alpha value is -2.89. The number of halogens is 2. The van der Waals surface area contributed by atoms with Crippen molar-refractivity contribution in [3.05, 3.63) is 29.3 Å². The van der Waals surface area contributed by atoms with Gasteiger partial charge in [-0.2, -0.15) is 5.10 Å². The first-order chi connectivity index (χ1) is 14.3. The third-order valence-corrected chi connectivity index (χ3v) is 5.03. The van der Waals surface area contributed by atoms with Gasteiger partial charge in [0.2, 0.25) is 0 Å². The number of alkyl halides is 2. The fourth-order valence-electron chi connectivity index (χ4n) is 3.49. The van der Waals surface area contributed by atoms with Crippen LogP contribution in [0.1, 0.15) is 39.9 Å². The van der Waals surface area contributed by atoms with Gasteiger partial charge in [-0.05, 0) is 13.8 Å². The van der Waals surface area contributed by atoms with E-state index in [1.165, 1.54) is 24.2 Å². The number of likely N-dealkylation sites (tertiary alicyclic amines) is 1. The van der Waals surface area contributed by atoms with Gasteiger partial charge in [-0.25, -0.2) is 13.5 Å². The summed E-state index contributed by atoms with van der Waals surface area (Å²) in [5.74, 6) is -3.94. The number of nitrogens with one attached hydrogen (secondary N) is 1. The minimum atomic E-state index is -3.00. The van der Waals surface area contributed by atoms with Gasteiger partial charge in [0.1, 0.15) is 0 Å². The van der Waals surface area contributed by atoms with Gasteiger partial charge in [0.15, 0.2) is 5.69 Å². The summed E-state index contributed by atoms with van der Waals surface area (Å²) in [4.78, 5) is 26.1. The van der Waals surface area contributed by atoms with Crippen molar-refractivity contribution >= 4 is 11.8 Å². The van der Waals surface area contributed by atoms with Crippen molar-refractivity contribution in [2.75, 3.05) is 26.8 Å². The van der Waals surface area contributed by atoms with Gasteiger partial charge in [0.05, 0.1) is 43.7 Å². The third kappa shape index (κ3) is 4.64. The van der Waals surface area contributed by atoms with E-state index in [-0.39, 0.29) is 12.2 Å². The quantitative estimate of drug-likeness (QED) is 0.625. The molecule has 3 rings (SSSR count). The molecule has 0 radical (unpaired) electrons. The standard InChI is InChI=1S/C18H25F2N7O3/c1-4-27-12(2)14(8-22-27)17(29)26-11-18(19,20)7-13(26)9-25-10-15(23-24-25)16(28)21-5-6-30-3/h8,10,13H,4-7,9,11H2,1-3H3,(H,21,28)/t13-/m0/s1. The van der Waals surface area contributed by atoms with Gasteiger partial charge in [0.25, 0.3) is 17.7 Å². The average molecular weight is 425 g/mol. The van der Waals surface area contributed by atoms with E-state index in [0.717, 1.165) is 4.90 Å². The van der Waals surface area contributed by atoms with Crippen LogP contribution in [0.3, 0.4) is 0 Å². The fourth-order valence-corrected chi connectivity index (χ4v) is 3.49. The van der Waals surface area contributed by atoms with Crippen LogP contribution in [0, 0.1) is 6.92 Å². The highest BCUT2D eigenvalue weighted by molar-refractivity contribution is 5.95. The zero-order valence-electron chi connectivity index (χ0n) is 17.1. The summed E-state index contributed by atoms with van der Waals surface area (Å²) in [6.45, 7) is 4.18. The zero-order valence-corrected chi connectivity index (χ0v) is 17.1. The van der Waals surface area contributed by atoms with Gasteiger partial charge in [-0.1, -0.05) is 5.21 Å². The molecule has 12 heteroatoms. The van der Waals surface area contributed by atoms with Crippen LogP contribution in [0.15, 0.2) is 12.4 Å². The molecule has 1 N–H and O–H groups in total. The Labute approximate surface area is 172 Å². The van der Waals surface area contributed by atoms with Crippen molar-refractivity contribution in [2.24, 2.45) is 0 Å². The van der Waals surface area contributed by atoms with Crippen LogP contribution in [0.2, 0.25) is 0 Å². The van der Waals surface area contributed by atoms with E-state index in [0.29, 0.717) is 31.0 Å². The average Bonchev–Trinajstić information content (AvgIpc) is 3.38. The topological polar surface area (TPSA) is 107 Å². The molecule has 1 aliphatic heterocycles. The molecule has 1 atom stereocenters. The van der Waals surface area contributed by atoms with Crippen LogP contribution in [0.5, 0.6) is 0 Å². The number of hydrogen-bond donors (Lipinski definition) is 1. The molecular formula is C18H25F2N7O3. The number of amides is 2. The van der Waals surface area contributed by atoms with Crippen molar-refractivity contribution in [1.82, 2.24) is 35.0 Å². The van der Waals surface area contributed by atoms with Crippen molar-refractivity contribution < 1.29 is 23.1 Å². The maximum atomic E-state index is 14.2. The van der Waals surface area contributed by atoms with Gasteiger partial charge >= 0.3 is 0 Å². The van der Waals surface area contributed by atoms with E-state index in [4.69, 9.17) is 4.74 Å². The first kappa shape index (κ1) is 21.8. The number of nitrogens with zero attached hydrogens (tertiary/aromatic N) is 6. The maximum absolute atomic E-state index is 14.2. The molecule has 2 amide bonds. The number of hydrogen-bond acceptors (Lipinski definition) is 6. The first-order valence-electron chi connectivity index (χ1n) is 9.64. The molecule has 0 aromatic carbocycles. The van der Waals surface area contributed by atoms with Crippen LogP contribution >= 0.6 is 0 Å². The lowest BCUT2D eigenvalue weighted by molar-refractivity contribution is 0.0117. The second-order valence-electron chi connectivity index (χ2n) is 7.18. The molecule has 0 aliphatic carbocycles. The van der Waals surface area contributed by atoms with Gasteiger partial charge in [-0.15, -0.1) is 5.10 Å². The van der Waals surface area contributed by atoms with Gasteiger partial charge < -0.3 is 15.0 Å². The lowest BCUT2D eigenvalue weighted by Crippen LogP contribution is -2.39. The highest BCUT2D eigenvalue weighted by Crippen LogP contribution is 2.34. The number of ether oxygens (including phenoxy) is 1. The summed E-state index contributed by atoms with van der Waals surface area (Å²) in [5.41, 5.74) is 0.998. The molecule has 0 saturated carbocycles. The number of methoxy groups -OCH3 is 1. The maximum Gasteiger partial charge on any atom is 0.273 e. The molecule has 3 heterocycles. The Morgan fingerprint density at radius 2 is 2.17 bits per heavy atom. The number of carbonyl (C=O) groups excluding carboxylic acids is 2. The summed E-state index contributed by atoms with van der Waals surface area (Å²) in [6.07, 6.45) is 2.29. The number of aromatic nitrogens is 5. The molecule has 0 bridgehead atoms.